The van der Waals surface area contributed by atoms with Gasteiger partial charge in [0.25, 0.3) is 5.91 Å². The summed E-state index contributed by atoms with van der Waals surface area (Å²) in [7, 11) is 1.60. The molecule has 2 saturated heterocycles. The summed E-state index contributed by atoms with van der Waals surface area (Å²) in [4.78, 5) is 43.8. The van der Waals surface area contributed by atoms with Gasteiger partial charge in [-0.25, -0.2) is 0 Å². The van der Waals surface area contributed by atoms with Crippen molar-refractivity contribution in [2.45, 2.75) is 25.3 Å². The fourth-order valence-corrected chi connectivity index (χ4v) is 4.50. The average molecular weight is 435 g/mol. The van der Waals surface area contributed by atoms with Gasteiger partial charge < -0.3 is 15.1 Å². The van der Waals surface area contributed by atoms with Crippen molar-refractivity contribution >= 4 is 23.4 Å². The predicted molar refractivity (Wildman–Crippen MR) is 124 cm³/mol. The quantitative estimate of drug-likeness (QED) is 0.754. The SMILES string of the molecule is CNC(=O)C1CN(CCc2ccccc2)CCN1C(=O)c1cccc(N2CCCC2=O)c1. The molecular formula is C25H30N4O3. The minimum Gasteiger partial charge on any atom is -0.357 e. The van der Waals surface area contributed by atoms with Gasteiger partial charge in [0.2, 0.25) is 11.8 Å². The number of benzene rings is 2. The molecule has 7 nitrogen and oxygen atoms in total. The van der Waals surface area contributed by atoms with E-state index >= 15 is 0 Å². The number of anilines is 1. The highest BCUT2D eigenvalue weighted by atomic mass is 16.2. The van der Waals surface area contributed by atoms with E-state index in [1.165, 1.54) is 5.56 Å². The van der Waals surface area contributed by atoms with Crippen LogP contribution in [0, 0.1) is 0 Å². The first kappa shape index (κ1) is 22.0. The Morgan fingerprint density at radius 3 is 2.56 bits per heavy atom. The van der Waals surface area contributed by atoms with Gasteiger partial charge >= 0.3 is 0 Å². The van der Waals surface area contributed by atoms with Crippen LogP contribution in [-0.4, -0.2) is 73.3 Å². The van der Waals surface area contributed by atoms with E-state index in [0.29, 0.717) is 31.6 Å². The van der Waals surface area contributed by atoms with E-state index in [4.69, 9.17) is 0 Å². The molecule has 2 aliphatic heterocycles. The molecule has 1 N–H and O–H groups in total. The monoisotopic (exact) mass is 434 g/mol. The van der Waals surface area contributed by atoms with Crippen molar-refractivity contribution < 1.29 is 14.4 Å². The van der Waals surface area contributed by atoms with Gasteiger partial charge in [0.1, 0.15) is 6.04 Å². The maximum Gasteiger partial charge on any atom is 0.254 e. The molecule has 0 bridgehead atoms. The lowest BCUT2D eigenvalue weighted by atomic mass is 10.1. The van der Waals surface area contributed by atoms with Gasteiger partial charge in [-0.2, -0.15) is 0 Å². The van der Waals surface area contributed by atoms with Gasteiger partial charge in [-0.05, 0) is 36.6 Å². The molecule has 0 aromatic heterocycles. The molecule has 0 radical (unpaired) electrons. The van der Waals surface area contributed by atoms with Crippen molar-refractivity contribution in [3.63, 3.8) is 0 Å². The normalized spacial score (nSPS) is 19.3. The highest BCUT2D eigenvalue weighted by Crippen LogP contribution is 2.24. The number of rotatable bonds is 6. The molecule has 2 heterocycles. The van der Waals surface area contributed by atoms with E-state index in [1.807, 2.05) is 24.3 Å². The van der Waals surface area contributed by atoms with Crippen LogP contribution in [0.3, 0.4) is 0 Å². The summed E-state index contributed by atoms with van der Waals surface area (Å²) in [6.07, 6.45) is 2.28. The summed E-state index contributed by atoms with van der Waals surface area (Å²) in [6.45, 7) is 3.22. The molecule has 2 aliphatic rings. The van der Waals surface area contributed by atoms with Crippen LogP contribution in [0.4, 0.5) is 5.69 Å². The van der Waals surface area contributed by atoms with Crippen LogP contribution < -0.4 is 10.2 Å². The number of amides is 3. The summed E-state index contributed by atoms with van der Waals surface area (Å²) < 4.78 is 0. The second-order valence-electron chi connectivity index (χ2n) is 8.36. The first-order valence-corrected chi connectivity index (χ1v) is 11.3. The van der Waals surface area contributed by atoms with Crippen LogP contribution in [-0.2, 0) is 16.0 Å². The fourth-order valence-electron chi connectivity index (χ4n) is 4.50. The van der Waals surface area contributed by atoms with E-state index < -0.39 is 6.04 Å². The van der Waals surface area contributed by atoms with Crippen molar-refractivity contribution in [1.29, 1.82) is 0 Å². The Bertz CT molecular complexity index is 978. The van der Waals surface area contributed by atoms with Gasteiger partial charge in [0.15, 0.2) is 0 Å². The topological polar surface area (TPSA) is 73.0 Å². The number of carbonyl (C=O) groups is 3. The van der Waals surface area contributed by atoms with Crippen molar-refractivity contribution in [3.05, 3.63) is 65.7 Å². The first-order chi connectivity index (χ1) is 15.6. The molecule has 1 atom stereocenters. The van der Waals surface area contributed by atoms with Gasteiger partial charge in [-0.3, -0.25) is 19.3 Å². The third kappa shape index (κ3) is 4.83. The number of piperazine rings is 1. The molecule has 168 valence electrons. The Morgan fingerprint density at radius 2 is 1.84 bits per heavy atom. The second kappa shape index (κ2) is 9.96. The Morgan fingerprint density at radius 1 is 1.03 bits per heavy atom. The zero-order valence-corrected chi connectivity index (χ0v) is 18.5. The highest BCUT2D eigenvalue weighted by molar-refractivity contribution is 6.00. The molecule has 0 spiro atoms. The zero-order valence-electron chi connectivity index (χ0n) is 18.5. The molecule has 32 heavy (non-hydrogen) atoms. The number of hydrogen-bond donors (Lipinski definition) is 1. The van der Waals surface area contributed by atoms with E-state index in [2.05, 4.69) is 22.3 Å². The lowest BCUT2D eigenvalue weighted by Gasteiger charge is -2.40. The molecule has 0 aliphatic carbocycles. The standard InChI is InChI=1S/C25H30N4O3/c1-26-24(31)22-18-27(14-12-19-7-3-2-4-8-19)15-16-29(22)25(32)20-9-5-10-21(17-20)28-13-6-11-23(28)30/h2-5,7-10,17,22H,6,11-16,18H2,1H3,(H,26,31). The highest BCUT2D eigenvalue weighted by Gasteiger charge is 2.35. The Labute approximate surface area is 189 Å². The van der Waals surface area contributed by atoms with E-state index in [0.717, 1.165) is 31.6 Å². The maximum absolute atomic E-state index is 13.4. The molecule has 2 aromatic rings. The summed E-state index contributed by atoms with van der Waals surface area (Å²) in [5.74, 6) is -0.242. The Balaban J connectivity index is 1.47. The van der Waals surface area contributed by atoms with Crippen LogP contribution in [0.1, 0.15) is 28.8 Å². The van der Waals surface area contributed by atoms with Crippen LogP contribution in [0.25, 0.3) is 0 Å². The number of carbonyl (C=O) groups excluding carboxylic acids is 3. The number of likely N-dealkylation sites (N-methyl/N-ethyl adjacent to an activating group) is 1. The van der Waals surface area contributed by atoms with Crippen LogP contribution in [0.15, 0.2) is 54.6 Å². The summed E-state index contributed by atoms with van der Waals surface area (Å²) in [6, 6.07) is 16.9. The third-order valence-electron chi connectivity index (χ3n) is 6.31. The second-order valence-corrected chi connectivity index (χ2v) is 8.36. The summed E-state index contributed by atoms with van der Waals surface area (Å²) >= 11 is 0. The molecular weight excluding hydrogens is 404 g/mol. The number of hydrogen-bond acceptors (Lipinski definition) is 4. The molecule has 1 unspecified atom stereocenters. The largest absolute Gasteiger partial charge is 0.357 e. The van der Waals surface area contributed by atoms with Crippen molar-refractivity contribution in [2.24, 2.45) is 0 Å². The predicted octanol–water partition coefficient (Wildman–Crippen LogP) is 1.93. The summed E-state index contributed by atoms with van der Waals surface area (Å²) in [5.41, 5.74) is 2.51. The maximum atomic E-state index is 13.4. The number of nitrogens with zero attached hydrogens (tertiary/aromatic N) is 3. The molecule has 0 saturated carbocycles. The van der Waals surface area contributed by atoms with Gasteiger partial charge in [0.05, 0.1) is 0 Å². The molecule has 2 aromatic carbocycles. The molecule has 3 amide bonds. The minimum atomic E-state index is -0.547. The molecule has 4 rings (SSSR count). The zero-order chi connectivity index (χ0) is 22.5. The van der Waals surface area contributed by atoms with Crippen LogP contribution >= 0.6 is 0 Å². The Kier molecular flexibility index (Phi) is 6.85. The average Bonchev–Trinajstić information content (AvgIpc) is 3.28. The van der Waals surface area contributed by atoms with Crippen LogP contribution in [0.5, 0.6) is 0 Å². The summed E-state index contributed by atoms with van der Waals surface area (Å²) in [5, 5.41) is 2.71. The van der Waals surface area contributed by atoms with E-state index in [1.54, 1.807) is 35.0 Å². The molecule has 2 fully saturated rings. The van der Waals surface area contributed by atoms with E-state index in [-0.39, 0.29) is 17.7 Å². The first-order valence-electron chi connectivity index (χ1n) is 11.3. The smallest absolute Gasteiger partial charge is 0.254 e. The van der Waals surface area contributed by atoms with Crippen LogP contribution in [0.2, 0.25) is 0 Å². The van der Waals surface area contributed by atoms with Crippen molar-refractivity contribution in [2.75, 3.05) is 44.7 Å². The van der Waals surface area contributed by atoms with Gasteiger partial charge in [0, 0.05) is 57.4 Å². The molecule has 7 heteroatoms. The van der Waals surface area contributed by atoms with Crippen molar-refractivity contribution in [3.8, 4) is 0 Å². The minimum absolute atomic E-state index is 0.0878. The Hall–Kier alpha value is -3.19. The lowest BCUT2D eigenvalue weighted by Crippen LogP contribution is -2.60. The third-order valence-corrected chi connectivity index (χ3v) is 6.31. The van der Waals surface area contributed by atoms with E-state index in [9.17, 15) is 14.4 Å². The van der Waals surface area contributed by atoms with Gasteiger partial charge in [-0.15, -0.1) is 0 Å². The lowest BCUT2D eigenvalue weighted by molar-refractivity contribution is -0.127. The number of nitrogens with one attached hydrogen (secondary N) is 1. The fraction of sp³-hybridized carbons (Fsp3) is 0.400. The van der Waals surface area contributed by atoms with Crippen molar-refractivity contribution in [1.82, 2.24) is 15.1 Å². The van der Waals surface area contributed by atoms with Gasteiger partial charge in [-0.1, -0.05) is 36.4 Å².